The van der Waals surface area contributed by atoms with Crippen LogP contribution < -0.4 is 0 Å². The Balaban J connectivity index is 1.88. The highest BCUT2D eigenvalue weighted by molar-refractivity contribution is 5.99. The van der Waals surface area contributed by atoms with Gasteiger partial charge in [0.25, 0.3) is 0 Å². The molecule has 1 aliphatic rings. The van der Waals surface area contributed by atoms with Gasteiger partial charge in [-0.25, -0.2) is 9.78 Å². The van der Waals surface area contributed by atoms with Crippen molar-refractivity contribution in [2.75, 3.05) is 26.3 Å². The van der Waals surface area contributed by atoms with Gasteiger partial charge in [-0.1, -0.05) is 6.07 Å². The van der Waals surface area contributed by atoms with Crippen LogP contribution in [0.2, 0.25) is 0 Å². The van der Waals surface area contributed by atoms with E-state index in [4.69, 9.17) is 14.3 Å². The van der Waals surface area contributed by atoms with Crippen LogP contribution in [0.5, 0.6) is 0 Å². The van der Waals surface area contributed by atoms with Crippen LogP contribution >= 0.6 is 0 Å². The van der Waals surface area contributed by atoms with Gasteiger partial charge in [0.1, 0.15) is 11.1 Å². The number of carboxylic acids is 1. The van der Waals surface area contributed by atoms with Crippen molar-refractivity contribution in [3.8, 4) is 0 Å². The van der Waals surface area contributed by atoms with E-state index in [0.717, 1.165) is 13.1 Å². The van der Waals surface area contributed by atoms with Crippen molar-refractivity contribution in [1.29, 1.82) is 0 Å². The number of oxazole rings is 1. The second-order valence-corrected chi connectivity index (χ2v) is 4.46. The second kappa shape index (κ2) is 4.99. The van der Waals surface area contributed by atoms with E-state index in [2.05, 4.69) is 9.88 Å². The maximum Gasteiger partial charge on any atom is 0.339 e. The topological polar surface area (TPSA) is 75.8 Å². The summed E-state index contributed by atoms with van der Waals surface area (Å²) in [4.78, 5) is 17.6. The lowest BCUT2D eigenvalue weighted by Gasteiger charge is -2.24. The van der Waals surface area contributed by atoms with E-state index >= 15 is 0 Å². The molecule has 0 atom stereocenters. The minimum absolute atomic E-state index is 0.151. The molecule has 1 N–H and O–H groups in total. The lowest BCUT2D eigenvalue weighted by Crippen LogP contribution is -2.35. The molecule has 0 bridgehead atoms. The molecule has 1 saturated heterocycles. The Hall–Kier alpha value is -1.92. The zero-order chi connectivity index (χ0) is 13.2. The predicted molar refractivity (Wildman–Crippen MR) is 67.1 cm³/mol. The SMILES string of the molecule is O=C(O)c1cccc2nc(CN3CCOCC3)oc12. The van der Waals surface area contributed by atoms with E-state index in [9.17, 15) is 4.79 Å². The van der Waals surface area contributed by atoms with Gasteiger partial charge in [0.15, 0.2) is 5.58 Å². The number of hydrogen-bond acceptors (Lipinski definition) is 5. The van der Waals surface area contributed by atoms with Crippen molar-refractivity contribution in [2.24, 2.45) is 0 Å². The number of carboxylic acid groups (broad SMARTS) is 1. The van der Waals surface area contributed by atoms with E-state index in [-0.39, 0.29) is 5.56 Å². The molecule has 0 unspecified atom stereocenters. The number of benzene rings is 1. The predicted octanol–water partition coefficient (Wildman–Crippen LogP) is 1.36. The van der Waals surface area contributed by atoms with Crippen LogP contribution in [0.15, 0.2) is 22.6 Å². The second-order valence-electron chi connectivity index (χ2n) is 4.46. The summed E-state index contributed by atoms with van der Waals surface area (Å²) in [7, 11) is 0. The molecule has 1 aliphatic heterocycles. The van der Waals surface area contributed by atoms with Crippen molar-refractivity contribution in [1.82, 2.24) is 9.88 Å². The summed E-state index contributed by atoms with van der Waals surface area (Å²) in [6, 6.07) is 4.95. The third-order valence-electron chi connectivity index (χ3n) is 3.15. The van der Waals surface area contributed by atoms with Crippen LogP contribution in [-0.2, 0) is 11.3 Å². The number of carbonyl (C=O) groups is 1. The lowest BCUT2D eigenvalue weighted by molar-refractivity contribution is 0.0308. The Bertz CT molecular complexity index is 602. The Kier molecular flexibility index (Phi) is 3.18. The Morgan fingerprint density at radius 3 is 2.89 bits per heavy atom. The van der Waals surface area contributed by atoms with Gasteiger partial charge in [0.2, 0.25) is 5.89 Å². The van der Waals surface area contributed by atoms with Crippen LogP contribution in [-0.4, -0.2) is 47.3 Å². The number of morpholine rings is 1. The van der Waals surface area contributed by atoms with Gasteiger partial charge in [-0.2, -0.15) is 0 Å². The first-order chi connectivity index (χ1) is 9.24. The average molecular weight is 262 g/mol. The fourth-order valence-electron chi connectivity index (χ4n) is 2.18. The summed E-state index contributed by atoms with van der Waals surface area (Å²) in [5.41, 5.74) is 1.08. The molecule has 0 radical (unpaired) electrons. The molecule has 2 heterocycles. The molecule has 1 aromatic carbocycles. The third kappa shape index (κ3) is 2.45. The van der Waals surface area contributed by atoms with Gasteiger partial charge in [0, 0.05) is 13.1 Å². The normalized spacial score (nSPS) is 16.8. The Morgan fingerprint density at radius 2 is 2.16 bits per heavy atom. The maximum atomic E-state index is 11.1. The smallest absolute Gasteiger partial charge is 0.339 e. The molecule has 3 rings (SSSR count). The number of fused-ring (bicyclic) bond motifs is 1. The Morgan fingerprint density at radius 1 is 1.37 bits per heavy atom. The summed E-state index contributed by atoms with van der Waals surface area (Å²) in [6.07, 6.45) is 0. The van der Waals surface area contributed by atoms with E-state index in [0.29, 0.717) is 36.7 Å². The zero-order valence-corrected chi connectivity index (χ0v) is 10.3. The van der Waals surface area contributed by atoms with E-state index < -0.39 is 5.97 Å². The summed E-state index contributed by atoms with van der Waals surface area (Å²) in [5, 5.41) is 9.10. The van der Waals surface area contributed by atoms with Crippen LogP contribution in [0.1, 0.15) is 16.2 Å². The molecule has 0 spiro atoms. The van der Waals surface area contributed by atoms with Gasteiger partial charge in [-0.15, -0.1) is 0 Å². The van der Waals surface area contributed by atoms with Crippen molar-refractivity contribution >= 4 is 17.1 Å². The van der Waals surface area contributed by atoms with Gasteiger partial charge < -0.3 is 14.3 Å². The highest BCUT2D eigenvalue weighted by Crippen LogP contribution is 2.21. The molecular weight excluding hydrogens is 248 g/mol. The fraction of sp³-hybridized carbons (Fsp3) is 0.385. The first kappa shape index (κ1) is 12.1. The molecular formula is C13H14N2O4. The third-order valence-corrected chi connectivity index (χ3v) is 3.15. The Labute approximate surface area is 109 Å². The zero-order valence-electron chi connectivity index (χ0n) is 10.3. The average Bonchev–Trinajstić information content (AvgIpc) is 2.81. The van der Waals surface area contributed by atoms with Gasteiger partial charge in [0.05, 0.1) is 19.8 Å². The van der Waals surface area contributed by atoms with Crippen molar-refractivity contribution in [3.05, 3.63) is 29.7 Å². The number of hydrogen-bond donors (Lipinski definition) is 1. The minimum atomic E-state index is -1.00. The van der Waals surface area contributed by atoms with Crippen LogP contribution in [0.3, 0.4) is 0 Å². The van der Waals surface area contributed by atoms with Gasteiger partial charge in [-0.3, -0.25) is 4.90 Å². The number of para-hydroxylation sites is 1. The molecule has 100 valence electrons. The van der Waals surface area contributed by atoms with Gasteiger partial charge >= 0.3 is 5.97 Å². The molecule has 1 aromatic heterocycles. The molecule has 0 amide bonds. The first-order valence-corrected chi connectivity index (χ1v) is 6.16. The van der Waals surface area contributed by atoms with E-state index in [1.807, 2.05) is 0 Å². The highest BCUT2D eigenvalue weighted by atomic mass is 16.5. The number of aromatic carboxylic acids is 1. The summed E-state index contributed by atoms with van der Waals surface area (Å²) in [5.74, 6) is -0.453. The number of rotatable bonds is 3. The number of aromatic nitrogens is 1. The summed E-state index contributed by atoms with van der Waals surface area (Å²) < 4.78 is 10.9. The molecule has 19 heavy (non-hydrogen) atoms. The minimum Gasteiger partial charge on any atom is -0.478 e. The number of nitrogens with zero attached hydrogens (tertiary/aromatic N) is 2. The monoisotopic (exact) mass is 262 g/mol. The van der Waals surface area contributed by atoms with Crippen molar-refractivity contribution in [2.45, 2.75) is 6.54 Å². The van der Waals surface area contributed by atoms with Crippen molar-refractivity contribution < 1.29 is 19.1 Å². The van der Waals surface area contributed by atoms with Gasteiger partial charge in [-0.05, 0) is 12.1 Å². The van der Waals surface area contributed by atoms with Crippen molar-refractivity contribution in [3.63, 3.8) is 0 Å². The maximum absolute atomic E-state index is 11.1. The molecule has 0 saturated carbocycles. The van der Waals surface area contributed by atoms with E-state index in [1.165, 1.54) is 6.07 Å². The quantitative estimate of drug-likeness (QED) is 0.900. The largest absolute Gasteiger partial charge is 0.478 e. The summed E-state index contributed by atoms with van der Waals surface area (Å²) in [6.45, 7) is 3.67. The standard InChI is InChI=1S/C13H14N2O4/c16-13(17)9-2-1-3-10-12(9)19-11(14-10)8-15-4-6-18-7-5-15/h1-3H,4-8H2,(H,16,17). The molecule has 1 fully saturated rings. The lowest BCUT2D eigenvalue weighted by atomic mass is 10.2. The molecule has 6 heteroatoms. The van der Waals surface area contributed by atoms with E-state index in [1.54, 1.807) is 12.1 Å². The highest BCUT2D eigenvalue weighted by Gasteiger charge is 2.17. The number of ether oxygens (including phenoxy) is 1. The summed E-state index contributed by atoms with van der Waals surface area (Å²) >= 11 is 0. The van der Waals surface area contributed by atoms with Crippen LogP contribution in [0, 0.1) is 0 Å². The van der Waals surface area contributed by atoms with Crippen LogP contribution in [0.4, 0.5) is 0 Å². The fourth-order valence-corrected chi connectivity index (χ4v) is 2.18. The van der Waals surface area contributed by atoms with Crippen LogP contribution in [0.25, 0.3) is 11.1 Å². The molecule has 6 nitrogen and oxygen atoms in total. The first-order valence-electron chi connectivity index (χ1n) is 6.16. The molecule has 0 aliphatic carbocycles. The molecule has 2 aromatic rings.